The number of anilines is 1. The first-order valence-electron chi connectivity index (χ1n) is 3.13. The van der Waals surface area contributed by atoms with Crippen LogP contribution >= 0.6 is 11.3 Å². The maximum atomic E-state index is 10.7. The van der Waals surface area contributed by atoms with Crippen molar-refractivity contribution in [3.63, 3.8) is 0 Å². The monoisotopic (exact) mass is 235 g/mol. The first-order valence-corrected chi connectivity index (χ1v) is 6.58. The first kappa shape index (κ1) is 8.78. The summed E-state index contributed by atoms with van der Waals surface area (Å²) in [6.45, 7) is 1.53. The van der Waals surface area contributed by atoms with Crippen molar-refractivity contribution in [1.29, 1.82) is 0 Å². The third-order valence-corrected chi connectivity index (χ3v) is 4.54. The molecule has 60 valence electrons. The normalized spacial score (nSPS) is 9.64. The van der Waals surface area contributed by atoms with E-state index < -0.39 is 0 Å². The molecule has 1 amide bonds. The third-order valence-electron chi connectivity index (χ3n) is 1.13. The molecule has 11 heavy (non-hydrogen) atoms. The summed E-state index contributed by atoms with van der Waals surface area (Å²) >= 11 is 2.18. The Morgan fingerprint density at radius 1 is 1.73 bits per heavy atom. The van der Waals surface area contributed by atoms with Crippen LogP contribution in [0.2, 0.25) is 5.82 Å². The molecule has 0 radical (unpaired) electrons. The Hall–Kier alpha value is -0.311. The molecule has 1 aromatic rings. The van der Waals surface area contributed by atoms with Gasteiger partial charge in [-0.15, -0.1) is 0 Å². The van der Waals surface area contributed by atoms with E-state index in [1.54, 1.807) is 11.3 Å². The van der Waals surface area contributed by atoms with Crippen LogP contribution in [-0.4, -0.2) is 20.9 Å². The van der Waals surface area contributed by atoms with Crippen molar-refractivity contribution >= 4 is 41.7 Å². The zero-order valence-electron chi connectivity index (χ0n) is 6.38. The van der Waals surface area contributed by atoms with Crippen LogP contribution in [0.3, 0.4) is 0 Å². The van der Waals surface area contributed by atoms with E-state index in [9.17, 15) is 4.79 Å². The van der Waals surface area contributed by atoms with E-state index in [2.05, 4.69) is 11.1 Å². The molecule has 2 nitrogen and oxygen atoms in total. The molecule has 0 aliphatic carbocycles. The molecule has 0 aliphatic rings. The van der Waals surface area contributed by atoms with E-state index in [4.69, 9.17) is 0 Å². The molecule has 4 heteroatoms. The Morgan fingerprint density at radius 3 is 3.00 bits per heavy atom. The van der Waals surface area contributed by atoms with E-state index in [0.717, 1.165) is 5.69 Å². The third kappa shape index (κ3) is 2.33. The Morgan fingerprint density at radius 2 is 2.45 bits per heavy atom. The fourth-order valence-corrected chi connectivity index (χ4v) is 3.07. The summed E-state index contributed by atoms with van der Waals surface area (Å²) in [6.07, 6.45) is 0. The second-order valence-electron chi connectivity index (χ2n) is 2.01. The Kier molecular flexibility index (Phi) is 3.12. The van der Waals surface area contributed by atoms with Gasteiger partial charge >= 0.3 is 76.0 Å². The van der Waals surface area contributed by atoms with Crippen LogP contribution in [0, 0.1) is 0 Å². The van der Waals surface area contributed by atoms with Gasteiger partial charge in [0, 0.05) is 0 Å². The van der Waals surface area contributed by atoms with Gasteiger partial charge in [0.1, 0.15) is 0 Å². The molecule has 1 heterocycles. The van der Waals surface area contributed by atoms with Crippen LogP contribution in [0.25, 0.3) is 0 Å². The number of hydrogen-bond acceptors (Lipinski definition) is 2. The number of nitrogens with one attached hydrogen (secondary N) is 1. The Bertz CT molecular complexity index is 259. The second kappa shape index (κ2) is 3.90. The molecule has 0 saturated heterocycles. The first-order chi connectivity index (χ1) is 5.24. The number of rotatable bonds is 2. The molecule has 0 unspecified atom stereocenters. The van der Waals surface area contributed by atoms with Gasteiger partial charge in [-0.2, -0.15) is 0 Å². The molecular formula is C7H9NOSSe. The molecule has 0 spiro atoms. The van der Waals surface area contributed by atoms with Gasteiger partial charge in [-0.1, -0.05) is 0 Å². The molecular weight excluding hydrogens is 225 g/mol. The maximum absolute atomic E-state index is 10.7. The van der Waals surface area contributed by atoms with Crippen molar-refractivity contribution < 1.29 is 4.79 Å². The van der Waals surface area contributed by atoms with Crippen molar-refractivity contribution in [3.05, 3.63) is 11.4 Å². The predicted molar refractivity (Wildman–Crippen MR) is 49.9 cm³/mol. The number of amides is 1. The summed E-state index contributed by atoms with van der Waals surface area (Å²) in [7, 11) is 0. The van der Waals surface area contributed by atoms with Crippen molar-refractivity contribution in [2.24, 2.45) is 0 Å². The van der Waals surface area contributed by atoms with Crippen molar-refractivity contribution in [1.82, 2.24) is 0 Å². The Labute approximate surface area is 76.2 Å². The summed E-state index contributed by atoms with van der Waals surface area (Å²) in [6, 6.07) is 1.95. The molecule has 0 aromatic carbocycles. The molecule has 1 aromatic heterocycles. The summed E-state index contributed by atoms with van der Waals surface area (Å²) in [5.74, 6) is 2.15. The van der Waals surface area contributed by atoms with Gasteiger partial charge in [0.15, 0.2) is 0 Å². The van der Waals surface area contributed by atoms with Crippen LogP contribution in [0.5, 0.6) is 0 Å². The Balaban J connectivity index is 2.76. The van der Waals surface area contributed by atoms with Crippen LogP contribution in [0.4, 0.5) is 5.69 Å². The van der Waals surface area contributed by atoms with Gasteiger partial charge in [-0.05, 0) is 0 Å². The molecule has 0 saturated carbocycles. The van der Waals surface area contributed by atoms with Gasteiger partial charge in [-0.3, -0.25) is 0 Å². The van der Waals surface area contributed by atoms with Gasteiger partial charge < -0.3 is 0 Å². The summed E-state index contributed by atoms with van der Waals surface area (Å²) in [5.41, 5.74) is 0.991. The summed E-state index contributed by atoms with van der Waals surface area (Å²) in [4.78, 5) is 10.7. The fraction of sp³-hybridized carbons (Fsp3) is 0.286. The van der Waals surface area contributed by atoms with Crippen LogP contribution < -0.4 is 9.09 Å². The minimum absolute atomic E-state index is 0.00824. The summed E-state index contributed by atoms with van der Waals surface area (Å²) in [5, 5.41) is 4.80. The van der Waals surface area contributed by atoms with Gasteiger partial charge in [-0.25, -0.2) is 0 Å². The zero-order chi connectivity index (χ0) is 8.27. The summed E-state index contributed by atoms with van der Waals surface area (Å²) < 4.78 is 1.30. The van der Waals surface area contributed by atoms with Gasteiger partial charge in [0.05, 0.1) is 0 Å². The number of thiophene rings is 1. The van der Waals surface area contributed by atoms with E-state index in [1.807, 2.05) is 11.4 Å². The SMILES string of the molecule is C[Se]c1sccc1NC(C)=O. The second-order valence-corrected chi connectivity index (χ2v) is 5.22. The molecule has 0 fully saturated rings. The van der Waals surface area contributed by atoms with E-state index in [-0.39, 0.29) is 5.91 Å². The van der Waals surface area contributed by atoms with Crippen molar-refractivity contribution in [2.75, 3.05) is 5.32 Å². The number of hydrogen-bond donors (Lipinski definition) is 1. The van der Waals surface area contributed by atoms with Crippen molar-refractivity contribution in [2.45, 2.75) is 12.7 Å². The van der Waals surface area contributed by atoms with E-state index in [1.165, 1.54) is 10.7 Å². The van der Waals surface area contributed by atoms with E-state index in [0.29, 0.717) is 15.0 Å². The number of carbonyl (C=O) groups excluding carboxylic acids is 1. The topological polar surface area (TPSA) is 29.1 Å². The average molecular weight is 234 g/mol. The molecule has 1 N–H and O–H groups in total. The quantitative estimate of drug-likeness (QED) is 0.762. The predicted octanol–water partition coefficient (Wildman–Crippen LogP) is 1.08. The molecule has 0 aliphatic heterocycles. The minimum atomic E-state index is 0.00824. The van der Waals surface area contributed by atoms with Gasteiger partial charge in [0.2, 0.25) is 0 Å². The van der Waals surface area contributed by atoms with Crippen LogP contribution in [0.15, 0.2) is 11.4 Å². The van der Waals surface area contributed by atoms with E-state index >= 15 is 0 Å². The van der Waals surface area contributed by atoms with Gasteiger partial charge in [0.25, 0.3) is 0 Å². The standard InChI is InChI=1S/C7H9NOSSe/c1-5(9)8-6-3-4-10-7(6)11-2/h3-4H,1-2H3,(H,8,9). The van der Waals surface area contributed by atoms with Crippen LogP contribution in [0.1, 0.15) is 6.92 Å². The number of carbonyl (C=O) groups is 1. The molecule has 0 bridgehead atoms. The average Bonchev–Trinajstić information content (AvgIpc) is 2.34. The fourth-order valence-electron chi connectivity index (χ4n) is 0.736. The molecule has 1 rings (SSSR count). The molecule has 0 atom stereocenters. The zero-order valence-corrected chi connectivity index (χ0v) is 8.91. The van der Waals surface area contributed by atoms with Crippen molar-refractivity contribution in [3.8, 4) is 0 Å². The van der Waals surface area contributed by atoms with Crippen LogP contribution in [-0.2, 0) is 4.79 Å².